The van der Waals surface area contributed by atoms with Gasteiger partial charge in [0.1, 0.15) is 6.10 Å². The first kappa shape index (κ1) is 16.5. The summed E-state index contributed by atoms with van der Waals surface area (Å²) in [5.41, 5.74) is 0.847. The van der Waals surface area contributed by atoms with Crippen LogP contribution in [0.3, 0.4) is 0 Å². The predicted octanol–water partition coefficient (Wildman–Crippen LogP) is 4.32. The molecule has 1 N–H and O–H groups in total. The van der Waals surface area contributed by atoms with Gasteiger partial charge in [-0.2, -0.15) is 0 Å². The van der Waals surface area contributed by atoms with Gasteiger partial charge in [-0.15, -0.1) is 0 Å². The van der Waals surface area contributed by atoms with E-state index >= 15 is 0 Å². The lowest BCUT2D eigenvalue weighted by molar-refractivity contribution is -0.0507. The minimum atomic E-state index is -0.184. The molecule has 0 amide bonds. The third-order valence-electron chi connectivity index (χ3n) is 6.18. The summed E-state index contributed by atoms with van der Waals surface area (Å²) in [6.45, 7) is 6.76. The molecule has 3 atom stereocenters. The number of esters is 1. The van der Waals surface area contributed by atoms with Gasteiger partial charge in [0.05, 0.1) is 5.56 Å². The van der Waals surface area contributed by atoms with E-state index in [1.54, 1.807) is 0 Å². The van der Waals surface area contributed by atoms with Gasteiger partial charge >= 0.3 is 5.97 Å². The summed E-state index contributed by atoms with van der Waals surface area (Å²) in [6.07, 6.45) is 6.89. The number of carbonyl (C=O) groups excluding carboxylic acids is 1. The van der Waals surface area contributed by atoms with Crippen LogP contribution in [-0.2, 0) is 4.74 Å². The Morgan fingerprint density at radius 3 is 2.52 bits per heavy atom. The maximum Gasteiger partial charge on any atom is 0.338 e. The highest BCUT2D eigenvalue weighted by Crippen LogP contribution is 2.45. The second-order valence-electron chi connectivity index (χ2n) is 7.71. The lowest BCUT2D eigenvalue weighted by Crippen LogP contribution is -2.66. The summed E-state index contributed by atoms with van der Waals surface area (Å²) in [6, 6.07) is 9.36. The van der Waals surface area contributed by atoms with Crippen molar-refractivity contribution in [1.29, 1.82) is 0 Å². The molecule has 1 saturated heterocycles. The van der Waals surface area contributed by atoms with Crippen LogP contribution in [0, 0.1) is 5.92 Å². The van der Waals surface area contributed by atoms with E-state index in [9.17, 15) is 4.79 Å². The van der Waals surface area contributed by atoms with Crippen LogP contribution in [0.5, 0.6) is 0 Å². The zero-order valence-corrected chi connectivity index (χ0v) is 14.6. The van der Waals surface area contributed by atoms with Crippen LogP contribution < -0.4 is 5.32 Å². The largest absolute Gasteiger partial charge is 0.458 e. The molecule has 23 heavy (non-hydrogen) atoms. The highest BCUT2D eigenvalue weighted by atomic mass is 16.5. The lowest BCUT2D eigenvalue weighted by atomic mass is 9.69. The van der Waals surface area contributed by atoms with Gasteiger partial charge in [-0.3, -0.25) is 0 Å². The Labute approximate surface area is 139 Å². The van der Waals surface area contributed by atoms with E-state index in [0.717, 1.165) is 12.8 Å². The van der Waals surface area contributed by atoms with Gasteiger partial charge in [0, 0.05) is 23.4 Å². The van der Waals surface area contributed by atoms with Gasteiger partial charge in [-0.25, -0.2) is 4.79 Å². The molecule has 1 heterocycles. The van der Waals surface area contributed by atoms with Crippen LogP contribution in [-0.4, -0.2) is 23.2 Å². The van der Waals surface area contributed by atoms with E-state index in [1.165, 1.54) is 25.7 Å². The molecule has 3 unspecified atom stereocenters. The maximum atomic E-state index is 12.5. The molecule has 3 rings (SSSR count). The molecule has 1 aliphatic heterocycles. The molecule has 2 fully saturated rings. The molecule has 1 saturated carbocycles. The predicted molar refractivity (Wildman–Crippen MR) is 92.5 cm³/mol. The molecule has 3 nitrogen and oxygen atoms in total. The lowest BCUT2D eigenvalue weighted by Gasteiger charge is -2.53. The van der Waals surface area contributed by atoms with Crippen molar-refractivity contribution in [1.82, 2.24) is 5.32 Å². The van der Waals surface area contributed by atoms with Crippen molar-refractivity contribution in [2.75, 3.05) is 0 Å². The van der Waals surface area contributed by atoms with Crippen molar-refractivity contribution in [3.05, 3.63) is 35.9 Å². The summed E-state index contributed by atoms with van der Waals surface area (Å²) < 4.78 is 5.99. The zero-order chi connectivity index (χ0) is 16.5. The molecular weight excluding hydrogens is 286 g/mol. The zero-order valence-electron chi connectivity index (χ0n) is 14.6. The monoisotopic (exact) mass is 315 g/mol. The fourth-order valence-electron chi connectivity index (χ4n) is 4.48. The molecule has 0 radical (unpaired) electrons. The molecule has 1 spiro atoms. The van der Waals surface area contributed by atoms with E-state index in [4.69, 9.17) is 4.74 Å². The van der Waals surface area contributed by atoms with E-state index in [2.05, 4.69) is 26.1 Å². The van der Waals surface area contributed by atoms with Crippen molar-refractivity contribution in [3.63, 3.8) is 0 Å². The second-order valence-corrected chi connectivity index (χ2v) is 7.71. The number of piperidine rings is 1. The Morgan fingerprint density at radius 1 is 1.26 bits per heavy atom. The van der Waals surface area contributed by atoms with Gasteiger partial charge in [0.25, 0.3) is 0 Å². The van der Waals surface area contributed by atoms with Gasteiger partial charge < -0.3 is 10.1 Å². The molecule has 0 bridgehead atoms. The standard InChI is InChI=1S/C20H29NO2/c1-4-19(3)14-17(15(2)20(21-19)12-8-9-13-20)23-18(22)16-10-6-5-7-11-16/h5-7,10-11,15,17,21H,4,8-9,12-14H2,1-3H3. The summed E-state index contributed by atoms with van der Waals surface area (Å²) in [4.78, 5) is 12.5. The highest BCUT2D eigenvalue weighted by molar-refractivity contribution is 5.89. The maximum absolute atomic E-state index is 12.5. The Kier molecular flexibility index (Phi) is 4.50. The first-order valence-electron chi connectivity index (χ1n) is 9.03. The quantitative estimate of drug-likeness (QED) is 0.844. The Bertz CT molecular complexity index is 550. The Morgan fingerprint density at radius 2 is 1.91 bits per heavy atom. The summed E-state index contributed by atoms with van der Waals surface area (Å²) in [7, 11) is 0. The van der Waals surface area contributed by atoms with Crippen molar-refractivity contribution < 1.29 is 9.53 Å². The van der Waals surface area contributed by atoms with Crippen LogP contribution >= 0.6 is 0 Å². The molecular formula is C20H29NO2. The molecule has 1 aromatic carbocycles. The number of hydrogen-bond acceptors (Lipinski definition) is 3. The SMILES string of the molecule is CCC1(C)CC(OC(=O)c2ccccc2)C(C)C2(CCCC2)N1. The molecule has 1 aromatic rings. The average Bonchev–Trinajstić information content (AvgIpc) is 3.02. The highest BCUT2D eigenvalue weighted by Gasteiger charge is 2.52. The molecule has 3 heteroatoms. The van der Waals surface area contributed by atoms with Gasteiger partial charge in [-0.1, -0.05) is 44.9 Å². The van der Waals surface area contributed by atoms with Crippen LogP contribution in [0.15, 0.2) is 30.3 Å². The average molecular weight is 315 g/mol. The van der Waals surface area contributed by atoms with Crippen molar-refractivity contribution in [2.45, 2.75) is 76.5 Å². The minimum Gasteiger partial charge on any atom is -0.458 e. The fraction of sp³-hybridized carbons (Fsp3) is 0.650. The van der Waals surface area contributed by atoms with E-state index in [1.807, 2.05) is 30.3 Å². The van der Waals surface area contributed by atoms with Crippen LogP contribution in [0.2, 0.25) is 0 Å². The smallest absolute Gasteiger partial charge is 0.338 e. The van der Waals surface area contributed by atoms with Crippen molar-refractivity contribution in [2.24, 2.45) is 5.92 Å². The van der Waals surface area contributed by atoms with E-state index < -0.39 is 0 Å². The minimum absolute atomic E-state index is 0.00740. The Balaban J connectivity index is 1.81. The van der Waals surface area contributed by atoms with Crippen LogP contribution in [0.4, 0.5) is 0 Å². The first-order valence-corrected chi connectivity index (χ1v) is 9.03. The van der Waals surface area contributed by atoms with Crippen LogP contribution in [0.1, 0.15) is 69.7 Å². The van der Waals surface area contributed by atoms with Gasteiger partial charge in [-0.05, 0) is 38.3 Å². The second kappa shape index (κ2) is 6.27. The number of benzene rings is 1. The topological polar surface area (TPSA) is 38.3 Å². The molecule has 126 valence electrons. The van der Waals surface area contributed by atoms with E-state index in [0.29, 0.717) is 11.5 Å². The molecule has 2 aliphatic rings. The van der Waals surface area contributed by atoms with Crippen LogP contribution in [0.25, 0.3) is 0 Å². The fourth-order valence-corrected chi connectivity index (χ4v) is 4.48. The number of ether oxygens (including phenoxy) is 1. The number of hydrogen-bond donors (Lipinski definition) is 1. The van der Waals surface area contributed by atoms with Gasteiger partial charge in [0.2, 0.25) is 0 Å². The van der Waals surface area contributed by atoms with Crippen molar-refractivity contribution >= 4 is 5.97 Å². The normalized spacial score (nSPS) is 32.8. The molecule has 0 aromatic heterocycles. The summed E-state index contributed by atoms with van der Waals surface area (Å²) >= 11 is 0. The summed E-state index contributed by atoms with van der Waals surface area (Å²) in [5, 5.41) is 3.96. The third kappa shape index (κ3) is 3.16. The summed E-state index contributed by atoms with van der Waals surface area (Å²) in [5.74, 6) is 0.174. The Hall–Kier alpha value is -1.35. The van der Waals surface area contributed by atoms with Gasteiger partial charge in [0.15, 0.2) is 0 Å². The number of nitrogens with one attached hydrogen (secondary N) is 1. The first-order chi connectivity index (χ1) is 11.0. The molecule has 1 aliphatic carbocycles. The van der Waals surface area contributed by atoms with E-state index in [-0.39, 0.29) is 23.2 Å². The third-order valence-corrected chi connectivity index (χ3v) is 6.18. The van der Waals surface area contributed by atoms with Crippen molar-refractivity contribution in [3.8, 4) is 0 Å². The number of rotatable bonds is 3. The number of carbonyl (C=O) groups is 1.